The molecule has 2 amide bonds. The summed E-state index contributed by atoms with van der Waals surface area (Å²) in [6.45, 7) is 5.94. The molecule has 1 N–H and O–H groups in total. The van der Waals surface area contributed by atoms with Crippen LogP contribution in [0.3, 0.4) is 0 Å². The number of carbonyl (C=O) groups is 2. The fourth-order valence-corrected chi connectivity index (χ4v) is 2.22. The molecule has 2 aromatic rings. The number of aromatic nitrogens is 1. The van der Waals surface area contributed by atoms with Crippen molar-refractivity contribution >= 4 is 17.6 Å². The van der Waals surface area contributed by atoms with E-state index in [4.69, 9.17) is 4.52 Å². The lowest BCUT2D eigenvalue weighted by Crippen LogP contribution is -2.34. The SMILES string of the molecule is CC(=O)N(CCC(=O)NCc1ccccc1C)c1cc(C)on1. The molecule has 1 heterocycles. The second kappa shape index (κ2) is 7.58. The average Bonchev–Trinajstić information content (AvgIpc) is 2.92. The van der Waals surface area contributed by atoms with Gasteiger partial charge in [-0.15, -0.1) is 0 Å². The van der Waals surface area contributed by atoms with Crippen LogP contribution >= 0.6 is 0 Å². The van der Waals surface area contributed by atoms with Gasteiger partial charge in [0.1, 0.15) is 5.76 Å². The Bertz CT molecular complexity index is 694. The second-order valence-corrected chi connectivity index (χ2v) is 5.42. The third-order valence-corrected chi connectivity index (χ3v) is 3.57. The van der Waals surface area contributed by atoms with Crippen molar-refractivity contribution in [2.75, 3.05) is 11.4 Å². The number of nitrogens with zero attached hydrogens (tertiary/aromatic N) is 2. The monoisotopic (exact) mass is 315 g/mol. The molecule has 0 radical (unpaired) electrons. The van der Waals surface area contributed by atoms with Gasteiger partial charge < -0.3 is 9.84 Å². The van der Waals surface area contributed by atoms with E-state index < -0.39 is 0 Å². The standard InChI is InChI=1S/C17H21N3O3/c1-12-6-4-5-7-15(12)11-18-17(22)8-9-20(14(3)21)16-10-13(2)23-19-16/h4-7,10H,8-9,11H2,1-3H3,(H,18,22). The van der Waals surface area contributed by atoms with E-state index in [1.54, 1.807) is 13.0 Å². The predicted octanol–water partition coefficient (Wildman–Crippen LogP) is 2.35. The molecule has 1 aromatic carbocycles. The molecule has 0 bridgehead atoms. The number of anilines is 1. The Morgan fingerprint density at radius 3 is 2.61 bits per heavy atom. The van der Waals surface area contributed by atoms with Crippen LogP contribution in [0.5, 0.6) is 0 Å². The first kappa shape index (κ1) is 16.7. The fraction of sp³-hybridized carbons (Fsp3) is 0.353. The maximum atomic E-state index is 12.0. The minimum Gasteiger partial charge on any atom is -0.360 e. The van der Waals surface area contributed by atoms with Gasteiger partial charge in [-0.05, 0) is 25.0 Å². The number of benzene rings is 1. The molecule has 122 valence electrons. The maximum Gasteiger partial charge on any atom is 0.225 e. The minimum atomic E-state index is -0.176. The van der Waals surface area contributed by atoms with Crippen LogP contribution < -0.4 is 10.2 Å². The molecular formula is C17H21N3O3. The van der Waals surface area contributed by atoms with Crippen molar-refractivity contribution in [2.24, 2.45) is 0 Å². The molecule has 0 saturated carbocycles. The van der Waals surface area contributed by atoms with Gasteiger partial charge in [-0.3, -0.25) is 14.5 Å². The van der Waals surface area contributed by atoms with Crippen LogP contribution in [0.4, 0.5) is 5.82 Å². The third-order valence-electron chi connectivity index (χ3n) is 3.57. The maximum absolute atomic E-state index is 12.0. The summed E-state index contributed by atoms with van der Waals surface area (Å²) >= 11 is 0. The van der Waals surface area contributed by atoms with E-state index in [-0.39, 0.29) is 24.8 Å². The van der Waals surface area contributed by atoms with Crippen molar-refractivity contribution in [2.45, 2.75) is 33.7 Å². The molecule has 0 saturated heterocycles. The molecular weight excluding hydrogens is 294 g/mol. The topological polar surface area (TPSA) is 75.4 Å². The van der Waals surface area contributed by atoms with E-state index in [2.05, 4.69) is 10.5 Å². The molecule has 0 spiro atoms. The molecule has 0 unspecified atom stereocenters. The van der Waals surface area contributed by atoms with Gasteiger partial charge in [0.05, 0.1) is 0 Å². The average molecular weight is 315 g/mol. The van der Waals surface area contributed by atoms with Crippen molar-refractivity contribution in [1.29, 1.82) is 0 Å². The molecule has 6 heteroatoms. The highest BCUT2D eigenvalue weighted by atomic mass is 16.5. The van der Waals surface area contributed by atoms with Crippen LogP contribution in [0.25, 0.3) is 0 Å². The molecule has 2 rings (SSSR count). The van der Waals surface area contributed by atoms with E-state index in [1.807, 2.05) is 31.2 Å². The van der Waals surface area contributed by atoms with Crippen LogP contribution in [0.2, 0.25) is 0 Å². The predicted molar refractivity (Wildman–Crippen MR) is 86.9 cm³/mol. The van der Waals surface area contributed by atoms with Gasteiger partial charge in [0.15, 0.2) is 5.82 Å². The molecule has 0 aliphatic heterocycles. The van der Waals surface area contributed by atoms with Gasteiger partial charge in [0, 0.05) is 32.5 Å². The first-order valence-corrected chi connectivity index (χ1v) is 7.50. The molecule has 0 atom stereocenters. The first-order chi connectivity index (χ1) is 11.0. The first-order valence-electron chi connectivity index (χ1n) is 7.50. The van der Waals surface area contributed by atoms with Gasteiger partial charge in [0.2, 0.25) is 11.8 Å². The fourth-order valence-electron chi connectivity index (χ4n) is 2.22. The summed E-state index contributed by atoms with van der Waals surface area (Å²) in [5, 5.41) is 6.69. The summed E-state index contributed by atoms with van der Waals surface area (Å²) < 4.78 is 4.98. The van der Waals surface area contributed by atoms with Gasteiger partial charge in [0.25, 0.3) is 0 Å². The number of hydrogen-bond acceptors (Lipinski definition) is 4. The van der Waals surface area contributed by atoms with Crippen molar-refractivity contribution in [3.8, 4) is 0 Å². The molecule has 0 aliphatic carbocycles. The smallest absolute Gasteiger partial charge is 0.225 e. The van der Waals surface area contributed by atoms with Crippen LogP contribution in [0.1, 0.15) is 30.2 Å². The van der Waals surface area contributed by atoms with Crippen LogP contribution in [-0.4, -0.2) is 23.5 Å². The van der Waals surface area contributed by atoms with E-state index in [0.29, 0.717) is 18.1 Å². The number of nitrogens with one attached hydrogen (secondary N) is 1. The summed E-state index contributed by atoms with van der Waals surface area (Å²) in [4.78, 5) is 25.1. The minimum absolute atomic E-state index is 0.111. The number of hydrogen-bond donors (Lipinski definition) is 1. The van der Waals surface area contributed by atoms with Crippen LogP contribution in [0.15, 0.2) is 34.9 Å². The zero-order chi connectivity index (χ0) is 16.8. The number of rotatable bonds is 6. The summed E-state index contributed by atoms with van der Waals surface area (Å²) in [6, 6.07) is 9.57. The van der Waals surface area contributed by atoms with Crippen molar-refractivity contribution < 1.29 is 14.1 Å². The lowest BCUT2D eigenvalue weighted by atomic mass is 10.1. The Balaban J connectivity index is 1.87. The Morgan fingerprint density at radius 2 is 2.00 bits per heavy atom. The highest BCUT2D eigenvalue weighted by Gasteiger charge is 2.16. The Hall–Kier alpha value is -2.63. The van der Waals surface area contributed by atoms with E-state index in [1.165, 1.54) is 11.8 Å². The lowest BCUT2D eigenvalue weighted by molar-refractivity contribution is -0.121. The number of amides is 2. The van der Waals surface area contributed by atoms with E-state index >= 15 is 0 Å². The quantitative estimate of drug-likeness (QED) is 0.888. The number of aryl methyl sites for hydroxylation is 2. The summed E-state index contributed by atoms with van der Waals surface area (Å²) in [5.74, 6) is 0.765. The van der Waals surface area contributed by atoms with Gasteiger partial charge >= 0.3 is 0 Å². The lowest BCUT2D eigenvalue weighted by Gasteiger charge is -2.17. The van der Waals surface area contributed by atoms with Crippen LogP contribution in [0, 0.1) is 13.8 Å². The molecule has 23 heavy (non-hydrogen) atoms. The van der Waals surface area contributed by atoms with Gasteiger partial charge in [-0.25, -0.2) is 0 Å². The largest absolute Gasteiger partial charge is 0.360 e. The van der Waals surface area contributed by atoms with Crippen molar-refractivity contribution in [3.05, 3.63) is 47.2 Å². The molecule has 1 aromatic heterocycles. The second-order valence-electron chi connectivity index (χ2n) is 5.42. The Morgan fingerprint density at radius 1 is 1.26 bits per heavy atom. The van der Waals surface area contributed by atoms with Crippen LogP contribution in [-0.2, 0) is 16.1 Å². The third kappa shape index (κ3) is 4.67. The Labute approximate surface area is 135 Å². The summed E-state index contributed by atoms with van der Waals surface area (Å²) in [6.07, 6.45) is 0.206. The molecule has 0 aliphatic rings. The van der Waals surface area contributed by atoms with Gasteiger partial charge in [-0.1, -0.05) is 29.4 Å². The zero-order valence-corrected chi connectivity index (χ0v) is 13.6. The summed E-state index contributed by atoms with van der Waals surface area (Å²) in [5.41, 5.74) is 2.22. The highest BCUT2D eigenvalue weighted by Crippen LogP contribution is 2.14. The van der Waals surface area contributed by atoms with E-state index in [0.717, 1.165) is 11.1 Å². The molecule has 0 fully saturated rings. The summed E-state index contributed by atoms with van der Waals surface area (Å²) in [7, 11) is 0. The normalized spacial score (nSPS) is 10.4. The Kier molecular flexibility index (Phi) is 5.51. The van der Waals surface area contributed by atoms with E-state index in [9.17, 15) is 9.59 Å². The van der Waals surface area contributed by atoms with Crippen molar-refractivity contribution in [1.82, 2.24) is 10.5 Å². The van der Waals surface area contributed by atoms with Gasteiger partial charge in [-0.2, -0.15) is 0 Å². The molecule has 6 nitrogen and oxygen atoms in total. The van der Waals surface area contributed by atoms with Crippen molar-refractivity contribution in [3.63, 3.8) is 0 Å². The highest BCUT2D eigenvalue weighted by molar-refractivity contribution is 5.91. The zero-order valence-electron chi connectivity index (χ0n) is 13.6. The number of carbonyl (C=O) groups excluding carboxylic acids is 2.